The minimum atomic E-state index is 0.0927. The number of anilines is 1. The summed E-state index contributed by atoms with van der Waals surface area (Å²) in [5.74, 6) is 1.35. The van der Waals surface area contributed by atoms with E-state index < -0.39 is 0 Å². The summed E-state index contributed by atoms with van der Waals surface area (Å²) >= 11 is 1.43. The number of thiazole rings is 1. The van der Waals surface area contributed by atoms with Crippen LogP contribution < -0.4 is 11.1 Å². The van der Waals surface area contributed by atoms with E-state index in [2.05, 4.69) is 10.3 Å². The lowest BCUT2D eigenvalue weighted by Gasteiger charge is -2.15. The predicted molar refractivity (Wildman–Crippen MR) is 76.5 cm³/mol. The molecule has 6 heteroatoms. The normalized spacial score (nSPS) is 26.8. The van der Waals surface area contributed by atoms with Crippen molar-refractivity contribution in [3.63, 3.8) is 0 Å². The zero-order chi connectivity index (χ0) is 13.6. The highest BCUT2D eigenvalue weighted by molar-refractivity contribution is 7.17. The first-order chi connectivity index (χ1) is 9.10. The maximum Gasteiger partial charge on any atom is 0.265 e. The van der Waals surface area contributed by atoms with Crippen LogP contribution in [0.1, 0.15) is 28.2 Å². The largest absolute Gasteiger partial charge is 0.365 e. The van der Waals surface area contributed by atoms with Gasteiger partial charge in [-0.1, -0.05) is 11.3 Å². The Morgan fingerprint density at radius 2 is 2.21 bits per heavy atom. The monoisotopic (exact) mass is 280 g/mol. The average Bonchev–Trinajstić information content (AvgIpc) is 3.06. The number of aromatic nitrogens is 1. The van der Waals surface area contributed by atoms with Crippen LogP contribution in [0.3, 0.4) is 0 Å². The summed E-state index contributed by atoms with van der Waals surface area (Å²) in [6, 6.07) is 0.147. The quantitative estimate of drug-likeness (QED) is 0.875. The molecule has 1 saturated heterocycles. The van der Waals surface area contributed by atoms with E-state index in [1.807, 2.05) is 18.9 Å². The summed E-state index contributed by atoms with van der Waals surface area (Å²) in [6.07, 6.45) is 2.56. The van der Waals surface area contributed by atoms with Crippen LogP contribution in [0.5, 0.6) is 0 Å². The molecule has 1 aliphatic carbocycles. The molecule has 5 nitrogen and oxygen atoms in total. The van der Waals surface area contributed by atoms with Gasteiger partial charge in [0.1, 0.15) is 4.88 Å². The molecule has 2 atom stereocenters. The number of carbonyl (C=O) groups is 1. The van der Waals surface area contributed by atoms with Crippen LogP contribution in [0.25, 0.3) is 0 Å². The fourth-order valence-corrected chi connectivity index (χ4v) is 3.78. The Morgan fingerprint density at radius 1 is 1.47 bits per heavy atom. The molecule has 0 spiro atoms. The third-order valence-electron chi connectivity index (χ3n) is 4.13. The maximum atomic E-state index is 12.5. The van der Waals surface area contributed by atoms with Gasteiger partial charge < -0.3 is 16.0 Å². The summed E-state index contributed by atoms with van der Waals surface area (Å²) < 4.78 is 0. The molecule has 3 N–H and O–H groups in total. The van der Waals surface area contributed by atoms with Gasteiger partial charge in [-0.25, -0.2) is 4.98 Å². The van der Waals surface area contributed by atoms with E-state index in [9.17, 15) is 4.79 Å². The lowest BCUT2D eigenvalue weighted by molar-refractivity contribution is 0.0788. The van der Waals surface area contributed by atoms with Crippen LogP contribution in [-0.2, 0) is 0 Å². The van der Waals surface area contributed by atoms with Crippen molar-refractivity contribution < 1.29 is 4.79 Å². The molecule has 0 radical (unpaired) electrons. The Morgan fingerprint density at radius 3 is 2.79 bits per heavy atom. The summed E-state index contributed by atoms with van der Waals surface area (Å²) in [5.41, 5.74) is 6.99. The lowest BCUT2D eigenvalue weighted by atomic mass is 9.99. The summed E-state index contributed by atoms with van der Waals surface area (Å²) in [6.45, 7) is 3.39. The zero-order valence-electron chi connectivity index (χ0n) is 11.3. The number of nitrogens with one attached hydrogen (secondary N) is 1. The standard InChI is InChI=1S/C13H20N4OS/c1-7-11(19-13(15-2)16-7)12(18)17-5-9(8-3-4-8)10(14)6-17/h8-10H,3-6,14H2,1-2H3,(H,15,16)/t9-,10+/m1/s1. The molecule has 2 aliphatic rings. The van der Waals surface area contributed by atoms with Gasteiger partial charge in [0.15, 0.2) is 5.13 Å². The van der Waals surface area contributed by atoms with Crippen molar-refractivity contribution in [3.8, 4) is 0 Å². The van der Waals surface area contributed by atoms with Crippen LogP contribution in [0.2, 0.25) is 0 Å². The molecule has 0 aromatic carbocycles. The molecule has 0 unspecified atom stereocenters. The van der Waals surface area contributed by atoms with Crippen molar-refractivity contribution in [2.45, 2.75) is 25.8 Å². The van der Waals surface area contributed by atoms with Crippen LogP contribution >= 0.6 is 11.3 Å². The topological polar surface area (TPSA) is 71.2 Å². The van der Waals surface area contributed by atoms with Crippen LogP contribution in [0.15, 0.2) is 0 Å². The first kappa shape index (κ1) is 12.9. The molecule has 0 bridgehead atoms. The van der Waals surface area contributed by atoms with E-state index in [4.69, 9.17) is 5.73 Å². The van der Waals surface area contributed by atoms with Gasteiger partial charge in [0, 0.05) is 26.2 Å². The molecule has 1 saturated carbocycles. The van der Waals surface area contributed by atoms with E-state index >= 15 is 0 Å². The number of amides is 1. The van der Waals surface area contributed by atoms with Gasteiger partial charge in [-0.05, 0) is 31.6 Å². The van der Waals surface area contributed by atoms with Crippen molar-refractivity contribution in [1.82, 2.24) is 9.88 Å². The van der Waals surface area contributed by atoms with Crippen molar-refractivity contribution >= 4 is 22.4 Å². The van der Waals surface area contributed by atoms with Gasteiger partial charge in [-0.15, -0.1) is 0 Å². The molecule has 19 heavy (non-hydrogen) atoms. The molecule has 3 rings (SSSR count). The Bertz CT molecular complexity index is 497. The summed E-state index contributed by atoms with van der Waals surface area (Å²) in [7, 11) is 1.82. The minimum absolute atomic E-state index is 0.0927. The zero-order valence-corrected chi connectivity index (χ0v) is 12.2. The highest BCUT2D eigenvalue weighted by Gasteiger charge is 2.42. The number of hydrogen-bond donors (Lipinski definition) is 2. The smallest absolute Gasteiger partial charge is 0.265 e. The Hall–Kier alpha value is -1.14. The molecule has 2 fully saturated rings. The number of hydrogen-bond acceptors (Lipinski definition) is 5. The van der Waals surface area contributed by atoms with Crippen molar-refractivity contribution in [2.24, 2.45) is 17.6 Å². The van der Waals surface area contributed by atoms with E-state index in [-0.39, 0.29) is 11.9 Å². The SMILES string of the molecule is CNc1nc(C)c(C(=O)N2C[C@H](C3CC3)[C@@H](N)C2)s1. The fourth-order valence-electron chi connectivity index (χ4n) is 2.89. The highest BCUT2D eigenvalue weighted by atomic mass is 32.1. The second-order valence-electron chi connectivity index (χ2n) is 5.56. The molecule has 1 amide bonds. The lowest BCUT2D eigenvalue weighted by Crippen LogP contribution is -2.32. The number of aryl methyl sites for hydroxylation is 1. The second kappa shape index (κ2) is 4.76. The van der Waals surface area contributed by atoms with Gasteiger partial charge in [0.05, 0.1) is 5.69 Å². The van der Waals surface area contributed by atoms with Crippen molar-refractivity contribution in [1.29, 1.82) is 0 Å². The molecule has 1 aromatic heterocycles. The van der Waals surface area contributed by atoms with Gasteiger partial charge in [0.2, 0.25) is 0 Å². The average molecular weight is 280 g/mol. The number of nitrogens with two attached hydrogens (primary N) is 1. The predicted octanol–water partition coefficient (Wildman–Crippen LogP) is 1.30. The Balaban J connectivity index is 1.75. The highest BCUT2D eigenvalue weighted by Crippen LogP contribution is 2.41. The van der Waals surface area contributed by atoms with E-state index in [1.165, 1.54) is 24.2 Å². The minimum Gasteiger partial charge on any atom is -0.365 e. The van der Waals surface area contributed by atoms with Gasteiger partial charge in [0.25, 0.3) is 5.91 Å². The van der Waals surface area contributed by atoms with Gasteiger partial charge >= 0.3 is 0 Å². The Labute approximate surface area is 117 Å². The van der Waals surface area contributed by atoms with E-state index in [1.54, 1.807) is 0 Å². The molecule has 104 valence electrons. The number of rotatable bonds is 3. The van der Waals surface area contributed by atoms with Crippen LogP contribution in [-0.4, -0.2) is 42.0 Å². The fraction of sp³-hybridized carbons (Fsp3) is 0.692. The maximum absolute atomic E-state index is 12.5. The molecule has 1 aliphatic heterocycles. The molecule has 2 heterocycles. The van der Waals surface area contributed by atoms with Crippen molar-refractivity contribution in [2.75, 3.05) is 25.5 Å². The second-order valence-corrected chi connectivity index (χ2v) is 6.56. The van der Waals surface area contributed by atoms with Crippen LogP contribution in [0, 0.1) is 18.8 Å². The van der Waals surface area contributed by atoms with Gasteiger partial charge in [-0.3, -0.25) is 4.79 Å². The number of likely N-dealkylation sites (tertiary alicyclic amines) is 1. The molecular weight excluding hydrogens is 260 g/mol. The number of carbonyl (C=O) groups excluding carboxylic acids is 1. The number of nitrogens with zero attached hydrogens (tertiary/aromatic N) is 2. The Kier molecular flexibility index (Phi) is 3.22. The molecule has 1 aromatic rings. The first-order valence-corrected chi connectivity index (χ1v) is 7.62. The molecular formula is C13H20N4OS. The summed E-state index contributed by atoms with van der Waals surface area (Å²) in [4.78, 5) is 19.5. The third-order valence-corrected chi connectivity index (χ3v) is 5.29. The van der Waals surface area contributed by atoms with Crippen LogP contribution in [0.4, 0.5) is 5.13 Å². The summed E-state index contributed by atoms with van der Waals surface area (Å²) in [5, 5.41) is 3.79. The third kappa shape index (κ3) is 2.34. The van der Waals surface area contributed by atoms with E-state index in [0.29, 0.717) is 12.5 Å². The van der Waals surface area contributed by atoms with E-state index in [0.717, 1.165) is 28.2 Å². The van der Waals surface area contributed by atoms with Crippen molar-refractivity contribution in [3.05, 3.63) is 10.6 Å². The van der Waals surface area contributed by atoms with Gasteiger partial charge in [-0.2, -0.15) is 0 Å². The first-order valence-electron chi connectivity index (χ1n) is 6.80.